The molecule has 1 atom stereocenters. The molecule has 2 heteroatoms. The molecule has 82 valence electrons. The van der Waals surface area contributed by atoms with Gasteiger partial charge in [0, 0.05) is 9.61 Å². The molecule has 0 bridgehead atoms. The predicted molar refractivity (Wildman–Crippen MR) is 75.0 cm³/mol. The van der Waals surface area contributed by atoms with E-state index in [-0.39, 0.29) is 0 Å². The molecule has 1 aromatic rings. The van der Waals surface area contributed by atoms with Gasteiger partial charge in [0.25, 0.3) is 0 Å². The molecule has 1 rings (SSSR count). The summed E-state index contributed by atoms with van der Waals surface area (Å²) in [5.74, 6) is 0. The molecule has 1 N–H and O–H groups in total. The molecule has 0 aliphatic carbocycles. The zero-order valence-corrected chi connectivity index (χ0v) is 11.5. The molecule has 0 aliphatic rings. The fourth-order valence-electron chi connectivity index (χ4n) is 1.56. The Balaban J connectivity index is 2.83. The Morgan fingerprint density at radius 3 is 2.67 bits per heavy atom. The average Bonchev–Trinajstić information content (AvgIpc) is 2.26. The molecular weight excluding hydrogens is 297 g/mol. The van der Waals surface area contributed by atoms with Crippen molar-refractivity contribution in [3.8, 4) is 0 Å². The van der Waals surface area contributed by atoms with Crippen LogP contribution in [0.15, 0.2) is 36.4 Å². The third kappa shape index (κ3) is 3.61. The van der Waals surface area contributed by atoms with E-state index in [1.54, 1.807) is 0 Å². The summed E-state index contributed by atoms with van der Waals surface area (Å²) < 4.78 is 1.32. The van der Waals surface area contributed by atoms with Crippen LogP contribution < -0.4 is 5.32 Å². The minimum absolute atomic E-state index is 0.394. The minimum Gasteiger partial charge on any atom is -0.313 e. The first-order valence-corrected chi connectivity index (χ1v) is 6.35. The van der Waals surface area contributed by atoms with E-state index >= 15 is 0 Å². The van der Waals surface area contributed by atoms with E-state index in [1.165, 1.54) is 14.7 Å². The predicted octanol–water partition coefficient (Wildman–Crippen LogP) is 3.91. The summed E-state index contributed by atoms with van der Waals surface area (Å²) in [6, 6.07) is 8.90. The van der Waals surface area contributed by atoms with Gasteiger partial charge in [-0.15, -0.1) is 0 Å². The molecule has 0 saturated carbocycles. The Morgan fingerprint density at radius 1 is 1.47 bits per heavy atom. The Morgan fingerprint density at radius 2 is 2.13 bits per heavy atom. The lowest BCUT2D eigenvalue weighted by molar-refractivity contribution is 0.580. The zero-order chi connectivity index (χ0) is 11.3. The molecule has 1 unspecified atom stereocenters. The van der Waals surface area contributed by atoms with Crippen LogP contribution in [0.4, 0.5) is 0 Å². The van der Waals surface area contributed by atoms with E-state index in [4.69, 9.17) is 0 Å². The van der Waals surface area contributed by atoms with Crippen molar-refractivity contribution in [3.05, 3.63) is 45.6 Å². The summed E-state index contributed by atoms with van der Waals surface area (Å²) in [5.41, 5.74) is 2.67. The second-order valence-electron chi connectivity index (χ2n) is 3.67. The summed E-state index contributed by atoms with van der Waals surface area (Å²) in [6.45, 7) is 6.23. The maximum atomic E-state index is 4.07. The van der Waals surface area contributed by atoms with E-state index in [0.29, 0.717) is 6.04 Å². The fraction of sp³-hybridized carbons (Fsp3) is 0.385. The maximum absolute atomic E-state index is 4.07. The van der Waals surface area contributed by atoms with Gasteiger partial charge in [-0.3, -0.25) is 0 Å². The van der Waals surface area contributed by atoms with Crippen molar-refractivity contribution in [2.45, 2.75) is 25.8 Å². The number of halogens is 1. The molecule has 15 heavy (non-hydrogen) atoms. The van der Waals surface area contributed by atoms with Gasteiger partial charge in [0.2, 0.25) is 0 Å². The Hall–Kier alpha value is -0.350. The van der Waals surface area contributed by atoms with Crippen molar-refractivity contribution in [3.63, 3.8) is 0 Å². The first kappa shape index (κ1) is 12.7. The highest BCUT2D eigenvalue weighted by Gasteiger charge is 2.12. The minimum atomic E-state index is 0.394. The van der Waals surface area contributed by atoms with E-state index in [1.807, 2.05) is 7.05 Å². The molecule has 1 nitrogen and oxygen atoms in total. The second kappa shape index (κ2) is 6.28. The number of nitrogens with one attached hydrogen (secondary N) is 1. The van der Waals surface area contributed by atoms with Gasteiger partial charge in [-0.2, -0.15) is 0 Å². The van der Waals surface area contributed by atoms with Gasteiger partial charge in [0.15, 0.2) is 0 Å². The van der Waals surface area contributed by atoms with Gasteiger partial charge >= 0.3 is 0 Å². The van der Waals surface area contributed by atoms with Gasteiger partial charge in [-0.25, -0.2) is 0 Å². The van der Waals surface area contributed by atoms with Crippen molar-refractivity contribution in [2.24, 2.45) is 0 Å². The molecule has 0 spiro atoms. The van der Waals surface area contributed by atoms with Crippen LogP contribution in [-0.4, -0.2) is 7.05 Å². The monoisotopic (exact) mass is 315 g/mol. The van der Waals surface area contributed by atoms with Crippen LogP contribution in [0.1, 0.15) is 31.4 Å². The van der Waals surface area contributed by atoms with Crippen molar-refractivity contribution in [1.82, 2.24) is 5.32 Å². The molecule has 0 aliphatic heterocycles. The van der Waals surface area contributed by atoms with Gasteiger partial charge in [0.05, 0.1) is 0 Å². The summed E-state index contributed by atoms with van der Waals surface area (Å²) in [5, 5.41) is 3.36. The van der Waals surface area contributed by atoms with Crippen LogP contribution in [0.2, 0.25) is 0 Å². The topological polar surface area (TPSA) is 12.0 Å². The van der Waals surface area contributed by atoms with E-state index < -0.39 is 0 Å². The lowest BCUT2D eigenvalue weighted by Crippen LogP contribution is -2.17. The first-order valence-electron chi connectivity index (χ1n) is 5.27. The number of hydrogen-bond acceptors (Lipinski definition) is 1. The fourth-order valence-corrected chi connectivity index (χ4v) is 2.32. The van der Waals surface area contributed by atoms with Crippen molar-refractivity contribution in [1.29, 1.82) is 0 Å². The first-order chi connectivity index (χ1) is 7.19. The molecule has 0 amide bonds. The van der Waals surface area contributed by atoms with Gasteiger partial charge in [-0.05, 0) is 54.1 Å². The van der Waals surface area contributed by atoms with Gasteiger partial charge in [0.1, 0.15) is 0 Å². The zero-order valence-electron chi connectivity index (χ0n) is 9.39. The van der Waals surface area contributed by atoms with Crippen LogP contribution in [0.25, 0.3) is 0 Å². The lowest BCUT2D eigenvalue weighted by atomic mass is 9.99. The van der Waals surface area contributed by atoms with Crippen molar-refractivity contribution >= 4 is 22.6 Å². The molecule has 1 aromatic carbocycles. The average molecular weight is 315 g/mol. The van der Waals surface area contributed by atoms with Crippen LogP contribution in [0.3, 0.4) is 0 Å². The van der Waals surface area contributed by atoms with Gasteiger partial charge in [-0.1, -0.05) is 37.3 Å². The number of hydrogen-bond donors (Lipinski definition) is 1. The third-order valence-corrected chi connectivity index (χ3v) is 3.60. The summed E-state index contributed by atoms with van der Waals surface area (Å²) >= 11 is 2.39. The van der Waals surface area contributed by atoms with E-state index in [2.05, 4.69) is 65.7 Å². The van der Waals surface area contributed by atoms with Crippen LogP contribution in [0, 0.1) is 3.57 Å². The smallest absolute Gasteiger partial charge is 0.0365 e. The highest BCUT2D eigenvalue weighted by atomic mass is 127. The quantitative estimate of drug-likeness (QED) is 0.642. The third-order valence-electron chi connectivity index (χ3n) is 2.62. The normalized spacial score (nSPS) is 12.5. The number of rotatable bonds is 5. The Labute approximate surface area is 106 Å². The van der Waals surface area contributed by atoms with Gasteiger partial charge < -0.3 is 5.32 Å². The van der Waals surface area contributed by atoms with Crippen LogP contribution in [0.5, 0.6) is 0 Å². The maximum Gasteiger partial charge on any atom is 0.0365 e. The molecule has 0 saturated heterocycles. The Bertz CT molecular complexity index is 333. The van der Waals surface area contributed by atoms with E-state index in [0.717, 1.165) is 12.8 Å². The van der Waals surface area contributed by atoms with Crippen LogP contribution in [-0.2, 0) is 0 Å². The Kier molecular flexibility index (Phi) is 5.32. The summed E-state index contributed by atoms with van der Waals surface area (Å²) in [4.78, 5) is 0. The SMILES string of the molecule is C=C(CC)CC(NC)c1ccccc1I. The van der Waals surface area contributed by atoms with Crippen molar-refractivity contribution in [2.75, 3.05) is 7.05 Å². The molecule has 0 heterocycles. The molecule has 0 radical (unpaired) electrons. The molecular formula is C13H18IN. The largest absolute Gasteiger partial charge is 0.313 e. The number of benzene rings is 1. The summed E-state index contributed by atoms with van der Waals surface area (Å²) in [7, 11) is 2.01. The standard InChI is InChI=1S/C13H18IN/c1-4-10(2)9-13(15-3)11-7-5-6-8-12(11)14/h5-8,13,15H,2,4,9H2,1,3H3. The van der Waals surface area contributed by atoms with Crippen molar-refractivity contribution < 1.29 is 0 Å². The molecule has 0 fully saturated rings. The molecule has 0 aromatic heterocycles. The van der Waals surface area contributed by atoms with Crippen LogP contribution >= 0.6 is 22.6 Å². The highest BCUT2D eigenvalue weighted by molar-refractivity contribution is 14.1. The second-order valence-corrected chi connectivity index (χ2v) is 4.83. The lowest BCUT2D eigenvalue weighted by Gasteiger charge is -2.18. The summed E-state index contributed by atoms with van der Waals surface area (Å²) in [6.07, 6.45) is 2.08. The highest BCUT2D eigenvalue weighted by Crippen LogP contribution is 2.25. The van der Waals surface area contributed by atoms with E-state index in [9.17, 15) is 0 Å².